The zero-order valence-corrected chi connectivity index (χ0v) is 31.7. The quantitative estimate of drug-likeness (QED) is 0.0558. The van der Waals surface area contributed by atoms with Crippen LogP contribution in [0.3, 0.4) is 0 Å². The van der Waals surface area contributed by atoms with E-state index in [1.165, 1.54) is 24.7 Å². The molecule has 1 aliphatic heterocycles. The SMILES string of the molecule is COc1nc(N)nc2c1nc(I)n2C1O[C@H](COP(=O)(N[C@H](C(=O)OCc2ccc(F)cc2F)C(C)C)Oc2cccc3ncccc23)[C@@H](O)[C@@]1(C)O. The number of imidazole rings is 1. The van der Waals surface area contributed by atoms with Gasteiger partial charge in [0, 0.05) is 45.8 Å². The number of halogens is 3. The van der Waals surface area contributed by atoms with Crippen LogP contribution in [0, 0.1) is 21.4 Å². The Bertz CT molecular complexity index is 2210. The minimum Gasteiger partial charge on any atom is -0.479 e. The number of methoxy groups -OCH3 is 1. The number of aromatic nitrogens is 5. The van der Waals surface area contributed by atoms with Crippen molar-refractivity contribution in [3.05, 3.63) is 75.8 Å². The Labute approximate surface area is 314 Å². The van der Waals surface area contributed by atoms with E-state index in [9.17, 15) is 28.4 Å². The molecular weight excluding hydrogens is 834 g/mol. The van der Waals surface area contributed by atoms with Gasteiger partial charge in [-0.2, -0.15) is 15.1 Å². The molecule has 53 heavy (non-hydrogen) atoms. The van der Waals surface area contributed by atoms with Crippen LogP contribution >= 0.6 is 30.3 Å². The molecule has 282 valence electrons. The molecule has 5 N–H and O–H groups in total. The second kappa shape index (κ2) is 15.3. The highest BCUT2D eigenvalue weighted by Crippen LogP contribution is 2.49. The Morgan fingerprint density at radius 1 is 1.19 bits per heavy atom. The maximum Gasteiger partial charge on any atom is 0.459 e. The summed E-state index contributed by atoms with van der Waals surface area (Å²) in [6.07, 6.45) is -2.71. The van der Waals surface area contributed by atoms with E-state index < -0.39 is 74.6 Å². The molecule has 6 rings (SSSR count). The number of nitrogen functional groups attached to an aromatic ring is 1. The van der Waals surface area contributed by atoms with Crippen molar-refractivity contribution in [2.45, 2.75) is 57.5 Å². The molecule has 20 heteroatoms. The summed E-state index contributed by atoms with van der Waals surface area (Å²) in [6.45, 7) is 3.43. The van der Waals surface area contributed by atoms with Crippen molar-refractivity contribution in [2.24, 2.45) is 5.92 Å². The molecule has 4 heterocycles. The van der Waals surface area contributed by atoms with Crippen LogP contribution in [-0.4, -0.2) is 78.3 Å². The van der Waals surface area contributed by atoms with Gasteiger partial charge in [-0.05, 0) is 49.2 Å². The number of hydrogen-bond donors (Lipinski definition) is 4. The van der Waals surface area contributed by atoms with Gasteiger partial charge >= 0.3 is 13.7 Å². The molecule has 16 nitrogen and oxygen atoms in total. The average molecular weight is 870 g/mol. The van der Waals surface area contributed by atoms with Crippen molar-refractivity contribution in [3.63, 3.8) is 0 Å². The minimum absolute atomic E-state index is 0.0797. The number of carbonyl (C=O) groups excluding carboxylic acids is 1. The third-order valence-corrected chi connectivity index (χ3v) is 10.8. The Balaban J connectivity index is 1.29. The van der Waals surface area contributed by atoms with Crippen LogP contribution in [-0.2, 0) is 30.0 Å². The summed E-state index contributed by atoms with van der Waals surface area (Å²) in [5, 5.41) is 26.1. The maximum absolute atomic E-state index is 14.7. The molecule has 0 amide bonds. The maximum atomic E-state index is 14.7. The molecule has 1 saturated heterocycles. The highest BCUT2D eigenvalue weighted by Gasteiger charge is 2.55. The number of esters is 1. The molecule has 5 aromatic rings. The Morgan fingerprint density at radius 2 is 1.96 bits per heavy atom. The van der Waals surface area contributed by atoms with Crippen molar-refractivity contribution in [2.75, 3.05) is 19.5 Å². The number of nitrogens with two attached hydrogens (primary N) is 1. The molecule has 3 aromatic heterocycles. The van der Waals surface area contributed by atoms with Crippen LogP contribution in [0.25, 0.3) is 22.1 Å². The molecule has 0 saturated carbocycles. The first-order chi connectivity index (χ1) is 25.1. The normalized spacial score (nSPS) is 21.9. The molecule has 2 unspecified atom stereocenters. The number of pyridine rings is 1. The lowest BCUT2D eigenvalue weighted by Crippen LogP contribution is -2.45. The fraction of sp³-hybridized carbons (Fsp3) is 0.364. The Kier molecular flexibility index (Phi) is 11.2. The number of carbonyl (C=O) groups is 1. The largest absolute Gasteiger partial charge is 0.479 e. The van der Waals surface area contributed by atoms with E-state index >= 15 is 0 Å². The van der Waals surface area contributed by atoms with Crippen LogP contribution in [0.1, 0.15) is 32.6 Å². The van der Waals surface area contributed by atoms with Gasteiger partial charge in [0.25, 0.3) is 0 Å². The van der Waals surface area contributed by atoms with Crippen molar-refractivity contribution in [1.29, 1.82) is 0 Å². The molecule has 0 spiro atoms. The van der Waals surface area contributed by atoms with E-state index in [-0.39, 0.29) is 38.1 Å². The monoisotopic (exact) mass is 869 g/mol. The van der Waals surface area contributed by atoms with Gasteiger partial charge in [0.1, 0.15) is 47.8 Å². The third-order valence-electron chi connectivity index (χ3n) is 8.50. The van der Waals surface area contributed by atoms with Gasteiger partial charge in [-0.1, -0.05) is 19.9 Å². The van der Waals surface area contributed by atoms with Crippen LogP contribution in [0.5, 0.6) is 11.6 Å². The number of hydrogen-bond acceptors (Lipinski definition) is 14. The standard InChI is InChI=1S/C33H35F2IN7O9P/c1-16(2)24(29(45)49-14-17-10-11-18(34)13-20(17)35)42-53(47,52-22-9-5-8-21-19(22)7-6-12-38-21)50-15-23-26(44)33(3,46)30(51-23)43-27-25(39-31(43)36)28(48-4)41-32(37)40-27/h5-13,16,23-24,26,30,44,46H,14-15H2,1-4H3,(H,42,47)(H2,37,40,41)/t23-,24+,26-,30?,33-,53?/m1/s1. The van der Waals surface area contributed by atoms with Crippen LogP contribution in [0.4, 0.5) is 14.7 Å². The lowest BCUT2D eigenvalue weighted by molar-refractivity contribution is -0.148. The summed E-state index contributed by atoms with van der Waals surface area (Å²) in [5.74, 6) is -3.21. The predicted octanol–water partition coefficient (Wildman–Crippen LogP) is 4.42. The van der Waals surface area contributed by atoms with Gasteiger partial charge < -0.3 is 34.7 Å². The van der Waals surface area contributed by atoms with Gasteiger partial charge in [-0.15, -0.1) is 0 Å². The first-order valence-electron chi connectivity index (χ1n) is 16.1. The molecule has 6 atom stereocenters. The summed E-state index contributed by atoms with van der Waals surface area (Å²) in [5.41, 5.74) is 4.71. The number of nitrogens with zero attached hydrogens (tertiary/aromatic N) is 5. The molecule has 0 bridgehead atoms. The van der Waals surface area contributed by atoms with Crippen LogP contribution in [0.15, 0.2) is 54.7 Å². The number of benzene rings is 2. The van der Waals surface area contributed by atoms with E-state index in [1.54, 1.807) is 44.3 Å². The second-order valence-electron chi connectivity index (χ2n) is 12.6. The zero-order valence-electron chi connectivity index (χ0n) is 28.6. The number of anilines is 1. The van der Waals surface area contributed by atoms with Gasteiger partial charge in [0.05, 0.1) is 19.2 Å². The van der Waals surface area contributed by atoms with Crippen LogP contribution in [0.2, 0.25) is 0 Å². The molecule has 2 aromatic carbocycles. The first kappa shape index (κ1) is 38.6. The number of ether oxygens (including phenoxy) is 3. The van der Waals surface area contributed by atoms with Crippen molar-refractivity contribution in [1.82, 2.24) is 29.6 Å². The zero-order chi connectivity index (χ0) is 38.2. The Morgan fingerprint density at radius 3 is 2.68 bits per heavy atom. The smallest absolute Gasteiger partial charge is 0.459 e. The molecule has 0 radical (unpaired) electrons. The summed E-state index contributed by atoms with van der Waals surface area (Å²) < 4.78 is 72.9. The number of fused-ring (bicyclic) bond motifs is 2. The fourth-order valence-electron chi connectivity index (χ4n) is 5.71. The van der Waals surface area contributed by atoms with Crippen molar-refractivity contribution < 1.29 is 51.6 Å². The van der Waals surface area contributed by atoms with Crippen molar-refractivity contribution >= 4 is 64.3 Å². The van der Waals surface area contributed by atoms with E-state index in [4.69, 9.17) is 29.0 Å². The predicted molar refractivity (Wildman–Crippen MR) is 193 cm³/mol. The molecule has 1 fully saturated rings. The average Bonchev–Trinajstić information content (AvgIpc) is 3.55. The summed E-state index contributed by atoms with van der Waals surface area (Å²) in [4.78, 5) is 30.4. The fourth-order valence-corrected chi connectivity index (χ4v) is 8.12. The van der Waals surface area contributed by atoms with Gasteiger partial charge in [0.15, 0.2) is 21.2 Å². The summed E-state index contributed by atoms with van der Waals surface area (Å²) in [7, 11) is -3.26. The van der Waals surface area contributed by atoms with E-state index in [0.29, 0.717) is 17.0 Å². The summed E-state index contributed by atoms with van der Waals surface area (Å²) >= 11 is 1.89. The van der Waals surface area contributed by atoms with Gasteiger partial charge in [-0.25, -0.2) is 18.3 Å². The topological polar surface area (TPSA) is 215 Å². The van der Waals surface area contributed by atoms with Crippen LogP contribution < -0.4 is 20.1 Å². The first-order valence-corrected chi connectivity index (χ1v) is 18.7. The minimum atomic E-state index is -4.64. The van der Waals surface area contributed by atoms with Gasteiger partial charge in [0.2, 0.25) is 11.8 Å². The van der Waals surface area contributed by atoms with E-state index in [1.807, 2.05) is 22.6 Å². The number of rotatable bonds is 13. The number of aliphatic hydroxyl groups is 2. The third kappa shape index (κ3) is 7.91. The number of nitrogens with one attached hydrogen (secondary N) is 1. The lowest BCUT2D eigenvalue weighted by Gasteiger charge is -2.28. The molecular formula is C33H35F2IN7O9P. The number of aliphatic hydroxyl groups excluding tert-OH is 1. The van der Waals surface area contributed by atoms with Crippen molar-refractivity contribution in [3.8, 4) is 11.6 Å². The molecule has 1 aliphatic rings. The summed E-state index contributed by atoms with van der Waals surface area (Å²) in [6, 6.07) is 9.67. The second-order valence-corrected chi connectivity index (χ2v) is 15.3. The lowest BCUT2D eigenvalue weighted by atomic mass is 9.96. The molecule has 0 aliphatic carbocycles. The van der Waals surface area contributed by atoms with Gasteiger partial charge in [-0.3, -0.25) is 18.9 Å². The highest BCUT2D eigenvalue weighted by molar-refractivity contribution is 14.1. The highest BCUT2D eigenvalue weighted by atomic mass is 127. The Hall–Kier alpha value is -4.11. The van der Waals surface area contributed by atoms with E-state index in [2.05, 4.69) is 25.0 Å². The van der Waals surface area contributed by atoms with E-state index in [0.717, 1.165) is 12.1 Å².